The minimum Gasteiger partial charge on any atom is -0.412 e. The van der Waals surface area contributed by atoms with Crippen LogP contribution in [0.15, 0.2) is 0 Å². The summed E-state index contributed by atoms with van der Waals surface area (Å²) >= 11 is 0. The fourth-order valence-electron chi connectivity index (χ4n) is 0. The molecule has 0 aliphatic rings. The molecule has 0 unspecified atom stereocenters. The fraction of sp³-hybridized carbons (Fsp3) is 0. The molecule has 13 heavy (non-hydrogen) atoms. The van der Waals surface area contributed by atoms with Crippen molar-refractivity contribution >= 4 is 0 Å². The molecule has 0 heterocycles. The summed E-state index contributed by atoms with van der Waals surface area (Å²) in [6.45, 7) is 0. The van der Waals surface area contributed by atoms with Gasteiger partial charge in [-0.2, -0.15) is 0 Å². The van der Waals surface area contributed by atoms with Gasteiger partial charge in [-0.15, -0.1) is 10.1 Å². The Kier molecular flexibility index (Phi) is 209. The first-order chi connectivity index (χ1) is 3.46. The Morgan fingerprint density at radius 2 is 0.846 bits per heavy atom. The van der Waals surface area contributed by atoms with Crippen molar-refractivity contribution in [3.63, 3.8) is 0 Å². The van der Waals surface area contributed by atoms with E-state index >= 15 is 0 Å². The van der Waals surface area contributed by atoms with Crippen molar-refractivity contribution in [2.75, 3.05) is 0 Å². The van der Waals surface area contributed by atoms with Crippen molar-refractivity contribution in [3.05, 3.63) is 25.4 Å². The third kappa shape index (κ3) is 536. The molecular formula is H9MnN2O10-. The van der Waals surface area contributed by atoms with Crippen LogP contribution in [0.5, 0.6) is 0 Å². The average Bonchev–Trinajstić information content (AvgIpc) is 1.25. The second kappa shape index (κ2) is 45.2. The molecule has 12 nitrogen and oxygen atoms in total. The molecule has 13 heteroatoms. The summed E-state index contributed by atoms with van der Waals surface area (Å²) in [4.78, 5) is 16.6. The van der Waals surface area contributed by atoms with Gasteiger partial charge in [-0.3, -0.25) is 0 Å². The van der Waals surface area contributed by atoms with E-state index in [1.807, 2.05) is 0 Å². The van der Waals surface area contributed by atoms with Gasteiger partial charge in [0.25, 0.3) is 5.09 Å². The second-order valence-electron chi connectivity index (χ2n) is 0.461. The molecule has 0 fully saturated rings. The minimum atomic E-state index is -1.75. The topological polar surface area (TPSA) is 256 Å². The molecule has 0 aromatic heterocycles. The molecule has 0 bridgehead atoms. The molecule has 0 aliphatic heterocycles. The molecular weight excluding hydrogens is 243 g/mol. The van der Waals surface area contributed by atoms with E-state index in [1.54, 1.807) is 0 Å². The van der Waals surface area contributed by atoms with Crippen LogP contribution in [0.25, 0.3) is 0 Å². The van der Waals surface area contributed by atoms with Gasteiger partial charge in [-0.25, -0.2) is 0 Å². The molecule has 0 aromatic rings. The summed E-state index contributed by atoms with van der Waals surface area (Å²) in [7, 11) is 0. The van der Waals surface area contributed by atoms with E-state index < -0.39 is 10.2 Å². The summed E-state index contributed by atoms with van der Waals surface area (Å²) < 4.78 is 0. The van der Waals surface area contributed by atoms with Crippen LogP contribution in [0.2, 0.25) is 0 Å². The summed E-state index contributed by atoms with van der Waals surface area (Å²) in [6.07, 6.45) is 0. The van der Waals surface area contributed by atoms with Gasteiger partial charge < -0.3 is 42.4 Å². The SMILES string of the molecule is O.O.O.O.O=[N+]([O-])O.O=[N+]([O-])[O-].[Mn]. The van der Waals surface area contributed by atoms with Gasteiger partial charge in [0.15, 0.2) is 0 Å². The van der Waals surface area contributed by atoms with Crippen LogP contribution in [0.1, 0.15) is 0 Å². The van der Waals surface area contributed by atoms with Crippen LogP contribution >= 0.6 is 0 Å². The number of hydrogen-bond acceptors (Lipinski definition) is 5. The number of nitrogens with zero attached hydrogens (tertiary/aromatic N) is 2. The van der Waals surface area contributed by atoms with Crippen LogP contribution in [0.3, 0.4) is 0 Å². The summed E-state index contributed by atoms with van der Waals surface area (Å²) in [5, 5.41) is 28.4. The first-order valence-electron chi connectivity index (χ1n) is 1.11. The van der Waals surface area contributed by atoms with E-state index in [1.165, 1.54) is 0 Å². The molecule has 9 N–H and O–H groups in total. The van der Waals surface area contributed by atoms with Gasteiger partial charge in [-0.05, 0) is 0 Å². The molecule has 0 spiro atoms. The van der Waals surface area contributed by atoms with Gasteiger partial charge in [0, 0.05) is 17.1 Å². The van der Waals surface area contributed by atoms with Crippen LogP contribution in [0.4, 0.5) is 0 Å². The monoisotopic (exact) mass is 252 g/mol. The number of hydrogen-bond donors (Lipinski definition) is 1. The van der Waals surface area contributed by atoms with E-state index in [2.05, 4.69) is 0 Å². The molecule has 0 rings (SSSR count). The third-order valence-electron chi connectivity index (χ3n) is 0. The zero-order valence-electron chi connectivity index (χ0n) is 5.76. The van der Waals surface area contributed by atoms with Crippen LogP contribution in [-0.4, -0.2) is 37.3 Å². The van der Waals surface area contributed by atoms with E-state index in [9.17, 15) is 0 Å². The summed E-state index contributed by atoms with van der Waals surface area (Å²) in [5.41, 5.74) is 0. The Hall–Kier alpha value is -1.24. The third-order valence-corrected chi connectivity index (χ3v) is 0. The second-order valence-corrected chi connectivity index (χ2v) is 0.461. The first-order valence-corrected chi connectivity index (χ1v) is 1.11. The largest absolute Gasteiger partial charge is 0.412 e. The van der Waals surface area contributed by atoms with Gasteiger partial charge in [0.05, 0.1) is 5.09 Å². The number of rotatable bonds is 0. The van der Waals surface area contributed by atoms with E-state index in [-0.39, 0.29) is 39.0 Å². The maximum atomic E-state index is 8.36. The standard InChI is InChI=1S/Mn.HNO3.NO3.4H2O/c;2*2-1(3)4;;;;/h;(H,2,3,4);;4*1H2/q;;-1;;;;. The fourth-order valence-corrected chi connectivity index (χ4v) is 0. The smallest absolute Gasteiger partial charge is 0.291 e. The van der Waals surface area contributed by atoms with Gasteiger partial charge in [0.2, 0.25) is 0 Å². The zero-order valence-corrected chi connectivity index (χ0v) is 6.94. The molecule has 0 aromatic carbocycles. The van der Waals surface area contributed by atoms with Crippen molar-refractivity contribution in [1.82, 2.24) is 0 Å². The van der Waals surface area contributed by atoms with Gasteiger partial charge >= 0.3 is 0 Å². The molecule has 0 saturated carbocycles. The maximum absolute atomic E-state index is 8.36. The molecule has 87 valence electrons. The first kappa shape index (κ1) is 60.1. The van der Waals surface area contributed by atoms with Crippen molar-refractivity contribution in [1.29, 1.82) is 0 Å². The summed E-state index contributed by atoms with van der Waals surface area (Å²) in [5.74, 6) is 0. The Bertz CT molecular complexity index is 70.9. The van der Waals surface area contributed by atoms with Crippen LogP contribution in [-0.2, 0) is 17.1 Å². The van der Waals surface area contributed by atoms with Crippen LogP contribution in [0, 0.1) is 25.4 Å². The van der Waals surface area contributed by atoms with Crippen molar-refractivity contribution < 1.29 is 54.4 Å². The molecule has 0 aliphatic carbocycles. The molecule has 0 saturated heterocycles. The molecule has 1 radical (unpaired) electrons. The maximum Gasteiger partial charge on any atom is 0.291 e. The van der Waals surface area contributed by atoms with Gasteiger partial charge in [0.1, 0.15) is 0 Å². The van der Waals surface area contributed by atoms with Crippen molar-refractivity contribution in [2.45, 2.75) is 0 Å². The van der Waals surface area contributed by atoms with E-state index in [4.69, 9.17) is 30.6 Å². The molecule has 0 amide bonds. The normalized spacial score (nSPS) is 3.69. The predicted octanol–water partition coefficient (Wildman–Crippen LogP) is -3.89. The Morgan fingerprint density at radius 1 is 0.846 bits per heavy atom. The average molecular weight is 252 g/mol. The Morgan fingerprint density at radius 3 is 0.846 bits per heavy atom. The minimum absolute atomic E-state index is 0. The quantitative estimate of drug-likeness (QED) is 0.255. The summed E-state index contributed by atoms with van der Waals surface area (Å²) in [6, 6.07) is 0. The molecule has 0 atom stereocenters. The Balaban J connectivity index is -0.00000000800. The van der Waals surface area contributed by atoms with E-state index in [0.29, 0.717) is 0 Å². The van der Waals surface area contributed by atoms with Crippen LogP contribution < -0.4 is 0 Å². The zero-order chi connectivity index (χ0) is 7.15. The van der Waals surface area contributed by atoms with Crippen molar-refractivity contribution in [3.8, 4) is 0 Å². The van der Waals surface area contributed by atoms with E-state index in [0.717, 1.165) is 0 Å². The Labute approximate surface area is 80.7 Å². The van der Waals surface area contributed by atoms with Crippen molar-refractivity contribution in [2.24, 2.45) is 0 Å². The van der Waals surface area contributed by atoms with Gasteiger partial charge in [-0.1, -0.05) is 0 Å². The predicted molar refractivity (Wildman–Crippen MR) is 33.6 cm³/mol.